The van der Waals surface area contributed by atoms with Crippen LogP contribution in [0.15, 0.2) is 54.9 Å². The second kappa shape index (κ2) is 12.9. The molecule has 1 aliphatic carbocycles. The van der Waals surface area contributed by atoms with Crippen molar-refractivity contribution in [2.75, 3.05) is 62.8 Å². The maximum atomic E-state index is 13.7. The van der Waals surface area contributed by atoms with Crippen LogP contribution in [0.1, 0.15) is 37.3 Å². The smallest absolute Gasteiger partial charge is 0.229 e. The van der Waals surface area contributed by atoms with Crippen LogP contribution in [0.5, 0.6) is 0 Å². The quantitative estimate of drug-likeness (QED) is 0.260. The van der Waals surface area contributed by atoms with Gasteiger partial charge in [-0.1, -0.05) is 49.2 Å². The molecule has 1 saturated heterocycles. The Labute approximate surface area is 240 Å². The lowest BCUT2D eigenvalue weighted by atomic mass is 10.0. The molecule has 1 aliphatic heterocycles. The molecule has 0 amide bonds. The summed E-state index contributed by atoms with van der Waals surface area (Å²) in [6.45, 7) is 6.00. The van der Waals surface area contributed by atoms with Crippen LogP contribution in [-0.2, 0) is 11.3 Å². The lowest BCUT2D eigenvalue weighted by Crippen LogP contribution is -2.48. The number of aliphatic hydroxyl groups is 1. The SMILES string of the molecule is OCCOCCN1CCN(c2nc(NCc3ccc(-c4cccc(F)c4)cc3)c3ncn(C4CCCC4)c3n2)CC1. The van der Waals surface area contributed by atoms with Crippen molar-refractivity contribution in [2.24, 2.45) is 0 Å². The van der Waals surface area contributed by atoms with E-state index in [1.807, 2.05) is 24.5 Å². The fourth-order valence-corrected chi connectivity index (χ4v) is 5.82. The third-order valence-corrected chi connectivity index (χ3v) is 8.14. The molecule has 2 aromatic heterocycles. The van der Waals surface area contributed by atoms with Gasteiger partial charge < -0.3 is 24.6 Å². The van der Waals surface area contributed by atoms with Gasteiger partial charge in [-0.2, -0.15) is 9.97 Å². The number of fused-ring (bicyclic) bond motifs is 1. The van der Waals surface area contributed by atoms with Gasteiger partial charge in [-0.3, -0.25) is 4.90 Å². The zero-order chi connectivity index (χ0) is 28.0. The van der Waals surface area contributed by atoms with Crippen LogP contribution in [0.4, 0.5) is 16.2 Å². The molecule has 41 heavy (non-hydrogen) atoms. The topological polar surface area (TPSA) is 91.6 Å². The summed E-state index contributed by atoms with van der Waals surface area (Å²) in [4.78, 5) is 19.4. The van der Waals surface area contributed by atoms with Gasteiger partial charge in [0.15, 0.2) is 17.0 Å². The number of rotatable bonds is 11. The van der Waals surface area contributed by atoms with E-state index < -0.39 is 0 Å². The monoisotopic (exact) mass is 559 g/mol. The van der Waals surface area contributed by atoms with Crippen LogP contribution < -0.4 is 10.2 Å². The molecule has 10 heteroatoms. The van der Waals surface area contributed by atoms with Crippen LogP contribution in [-0.4, -0.2) is 82.1 Å². The maximum Gasteiger partial charge on any atom is 0.229 e. The van der Waals surface area contributed by atoms with Gasteiger partial charge in [0.05, 0.1) is 26.1 Å². The van der Waals surface area contributed by atoms with E-state index in [2.05, 4.69) is 31.8 Å². The molecule has 3 heterocycles. The minimum absolute atomic E-state index is 0.0572. The van der Waals surface area contributed by atoms with E-state index in [0.717, 1.165) is 85.2 Å². The van der Waals surface area contributed by atoms with Crippen LogP contribution in [0.25, 0.3) is 22.3 Å². The summed E-state index contributed by atoms with van der Waals surface area (Å²) < 4.78 is 21.4. The number of hydrogen-bond acceptors (Lipinski definition) is 8. The number of aliphatic hydroxyl groups excluding tert-OH is 1. The normalized spacial score (nSPS) is 16.6. The number of piperazine rings is 1. The van der Waals surface area contributed by atoms with Crippen LogP contribution in [0.3, 0.4) is 0 Å². The first-order valence-corrected chi connectivity index (χ1v) is 14.7. The predicted octanol–water partition coefficient (Wildman–Crippen LogP) is 4.49. The van der Waals surface area contributed by atoms with Crippen LogP contribution >= 0.6 is 0 Å². The molecule has 0 bridgehead atoms. The second-order valence-electron chi connectivity index (χ2n) is 10.9. The van der Waals surface area contributed by atoms with Crippen molar-refractivity contribution in [3.05, 3.63) is 66.2 Å². The number of benzene rings is 2. The fraction of sp³-hybridized carbons (Fsp3) is 0.452. The molecule has 0 radical (unpaired) electrons. The molecule has 216 valence electrons. The largest absolute Gasteiger partial charge is 0.394 e. The highest BCUT2D eigenvalue weighted by molar-refractivity contribution is 5.84. The highest BCUT2D eigenvalue weighted by Gasteiger charge is 2.25. The fourth-order valence-electron chi connectivity index (χ4n) is 5.82. The molecular weight excluding hydrogens is 521 g/mol. The van der Waals surface area contributed by atoms with E-state index in [1.165, 1.54) is 18.9 Å². The molecule has 2 fully saturated rings. The Morgan fingerprint density at radius 1 is 0.951 bits per heavy atom. The van der Waals surface area contributed by atoms with E-state index in [-0.39, 0.29) is 12.4 Å². The molecule has 1 saturated carbocycles. The van der Waals surface area contributed by atoms with Crippen LogP contribution in [0.2, 0.25) is 0 Å². The average molecular weight is 560 g/mol. The van der Waals surface area contributed by atoms with Crippen LogP contribution in [0, 0.1) is 5.82 Å². The van der Waals surface area contributed by atoms with Crippen molar-refractivity contribution >= 4 is 22.9 Å². The average Bonchev–Trinajstić information content (AvgIpc) is 3.69. The van der Waals surface area contributed by atoms with Gasteiger partial charge in [0, 0.05) is 45.3 Å². The van der Waals surface area contributed by atoms with E-state index in [4.69, 9.17) is 24.8 Å². The Bertz CT molecular complexity index is 1430. The zero-order valence-corrected chi connectivity index (χ0v) is 23.4. The highest BCUT2D eigenvalue weighted by atomic mass is 19.1. The van der Waals surface area contributed by atoms with E-state index in [0.29, 0.717) is 25.8 Å². The lowest BCUT2D eigenvalue weighted by molar-refractivity contribution is 0.0724. The third kappa shape index (κ3) is 6.50. The Hall–Kier alpha value is -3.60. The Morgan fingerprint density at radius 3 is 2.51 bits per heavy atom. The molecule has 2 aliphatic rings. The number of imidazole rings is 1. The standard InChI is InChI=1S/C31H38FN7O2/c32-26-5-3-4-25(20-26)24-10-8-23(9-11-24)21-33-29-28-30(39(22-34-28)27-6-1-2-7-27)36-31(35-29)38-14-12-37(13-15-38)16-18-41-19-17-40/h3-5,8-11,20,22,27,40H,1-2,6-7,12-19,21H2,(H,33,35,36). The van der Waals surface area contributed by atoms with E-state index >= 15 is 0 Å². The summed E-state index contributed by atoms with van der Waals surface area (Å²) in [5.41, 5.74) is 4.64. The minimum Gasteiger partial charge on any atom is -0.394 e. The molecule has 2 N–H and O–H groups in total. The number of nitrogens with one attached hydrogen (secondary N) is 1. The van der Waals surface area contributed by atoms with E-state index in [1.54, 1.807) is 12.1 Å². The van der Waals surface area contributed by atoms with Crippen molar-refractivity contribution < 1.29 is 14.2 Å². The Morgan fingerprint density at radius 2 is 1.76 bits per heavy atom. The van der Waals surface area contributed by atoms with E-state index in [9.17, 15) is 4.39 Å². The molecule has 0 spiro atoms. The number of anilines is 2. The van der Waals surface area contributed by atoms with Gasteiger partial charge in [-0.05, 0) is 41.7 Å². The Kier molecular flexibility index (Phi) is 8.69. The summed E-state index contributed by atoms with van der Waals surface area (Å²) in [5, 5.41) is 12.5. The van der Waals surface area contributed by atoms with Crippen molar-refractivity contribution in [3.8, 4) is 11.1 Å². The number of ether oxygens (including phenoxy) is 1. The molecule has 2 aromatic carbocycles. The first-order valence-electron chi connectivity index (χ1n) is 14.7. The number of nitrogens with zero attached hydrogens (tertiary/aromatic N) is 6. The first kappa shape index (κ1) is 27.6. The summed E-state index contributed by atoms with van der Waals surface area (Å²) in [5.74, 6) is 1.25. The van der Waals surface area contributed by atoms with Crippen molar-refractivity contribution in [3.63, 3.8) is 0 Å². The summed E-state index contributed by atoms with van der Waals surface area (Å²) in [6.07, 6.45) is 6.72. The van der Waals surface area contributed by atoms with Gasteiger partial charge in [0.25, 0.3) is 0 Å². The maximum absolute atomic E-state index is 13.7. The van der Waals surface area contributed by atoms with Crippen molar-refractivity contribution in [1.29, 1.82) is 0 Å². The highest BCUT2D eigenvalue weighted by Crippen LogP contribution is 2.33. The third-order valence-electron chi connectivity index (χ3n) is 8.14. The lowest BCUT2D eigenvalue weighted by Gasteiger charge is -2.34. The summed E-state index contributed by atoms with van der Waals surface area (Å²) in [7, 11) is 0. The van der Waals surface area contributed by atoms with Gasteiger partial charge in [0.1, 0.15) is 5.82 Å². The molecular formula is C31H38FN7O2. The summed E-state index contributed by atoms with van der Waals surface area (Å²) >= 11 is 0. The first-order chi connectivity index (χ1) is 20.2. The minimum atomic E-state index is -0.234. The van der Waals surface area contributed by atoms with Gasteiger partial charge in [-0.25, -0.2) is 9.37 Å². The number of aromatic nitrogens is 4. The molecule has 0 atom stereocenters. The molecule has 6 rings (SSSR count). The molecule has 9 nitrogen and oxygen atoms in total. The van der Waals surface area contributed by atoms with Gasteiger partial charge in [-0.15, -0.1) is 0 Å². The molecule has 0 unspecified atom stereocenters. The zero-order valence-electron chi connectivity index (χ0n) is 23.4. The second-order valence-corrected chi connectivity index (χ2v) is 10.9. The van der Waals surface area contributed by atoms with Gasteiger partial charge >= 0.3 is 0 Å². The van der Waals surface area contributed by atoms with Crippen molar-refractivity contribution in [1.82, 2.24) is 24.4 Å². The number of hydrogen-bond donors (Lipinski definition) is 2. The number of halogens is 1. The van der Waals surface area contributed by atoms with Crippen molar-refractivity contribution in [2.45, 2.75) is 38.3 Å². The Balaban J connectivity index is 1.19. The predicted molar refractivity (Wildman–Crippen MR) is 159 cm³/mol. The molecule has 4 aromatic rings. The summed E-state index contributed by atoms with van der Waals surface area (Å²) in [6, 6.07) is 15.3. The van der Waals surface area contributed by atoms with Gasteiger partial charge in [0.2, 0.25) is 5.95 Å².